The van der Waals surface area contributed by atoms with Gasteiger partial charge >= 0.3 is 0 Å². The number of furan rings is 1. The van der Waals surface area contributed by atoms with E-state index in [-0.39, 0.29) is 5.82 Å². The Labute approximate surface area is 144 Å². The summed E-state index contributed by atoms with van der Waals surface area (Å²) in [5.74, 6) is 0.444. The zero-order chi connectivity index (χ0) is 17.2. The Balaban J connectivity index is 1.69. The monoisotopic (exact) mass is 333 g/mol. The molecule has 124 valence electrons. The van der Waals surface area contributed by atoms with E-state index in [1.807, 2.05) is 48.7 Å². The molecule has 4 aromatic rings. The fourth-order valence-electron chi connectivity index (χ4n) is 2.79. The van der Waals surface area contributed by atoms with Crippen LogP contribution in [0.25, 0.3) is 28.3 Å². The smallest absolute Gasteiger partial charge is 0.154 e. The summed E-state index contributed by atoms with van der Waals surface area (Å²) >= 11 is 0. The number of hydrogen-bond acceptors (Lipinski definition) is 3. The van der Waals surface area contributed by atoms with Gasteiger partial charge in [-0.05, 0) is 47.5 Å². The Morgan fingerprint density at radius 3 is 2.52 bits per heavy atom. The first-order valence-electron chi connectivity index (χ1n) is 7.93. The number of nitrogens with zero attached hydrogens (tertiary/aromatic N) is 2. The van der Waals surface area contributed by atoms with Crippen LogP contribution < -0.4 is 5.73 Å². The van der Waals surface area contributed by atoms with E-state index in [9.17, 15) is 4.39 Å². The largest absolute Gasteiger partial charge is 0.463 e. The van der Waals surface area contributed by atoms with Gasteiger partial charge in [0.15, 0.2) is 5.76 Å². The molecule has 2 aromatic carbocycles. The Hall–Kier alpha value is -3.18. The summed E-state index contributed by atoms with van der Waals surface area (Å²) in [6.45, 7) is 0.372. The van der Waals surface area contributed by atoms with Crippen molar-refractivity contribution in [2.75, 3.05) is 0 Å². The van der Waals surface area contributed by atoms with Gasteiger partial charge < -0.3 is 10.2 Å². The number of nitrogens with two attached hydrogens (primary N) is 1. The molecule has 0 fully saturated rings. The lowest BCUT2D eigenvalue weighted by Gasteiger charge is -2.05. The molecular formula is C20H16FN3O. The van der Waals surface area contributed by atoms with Crippen LogP contribution in [0.4, 0.5) is 4.39 Å². The quantitative estimate of drug-likeness (QED) is 0.602. The fourth-order valence-corrected chi connectivity index (χ4v) is 2.79. The van der Waals surface area contributed by atoms with Gasteiger partial charge in [0.25, 0.3) is 0 Å². The normalized spacial score (nSPS) is 11.0. The molecule has 0 saturated carbocycles. The van der Waals surface area contributed by atoms with Crippen LogP contribution in [-0.2, 0) is 6.54 Å². The summed E-state index contributed by atoms with van der Waals surface area (Å²) in [5, 5.41) is 4.59. The third-order valence-corrected chi connectivity index (χ3v) is 4.05. The van der Waals surface area contributed by atoms with Gasteiger partial charge in [-0.15, -0.1) is 0 Å². The van der Waals surface area contributed by atoms with E-state index in [1.54, 1.807) is 17.0 Å². The van der Waals surface area contributed by atoms with Crippen LogP contribution in [0.15, 0.2) is 77.5 Å². The molecule has 4 nitrogen and oxygen atoms in total. The lowest BCUT2D eigenvalue weighted by Crippen LogP contribution is -1.96. The van der Waals surface area contributed by atoms with E-state index in [0.717, 1.165) is 28.1 Å². The molecule has 0 spiro atoms. The SMILES string of the molecule is NCc1cn(-c2ccc(-c3cccc(F)c3)cc2)nc1-c1ccco1. The molecule has 0 aliphatic heterocycles. The lowest BCUT2D eigenvalue weighted by atomic mass is 10.1. The number of hydrogen-bond donors (Lipinski definition) is 1. The summed E-state index contributed by atoms with van der Waals surface area (Å²) < 4.78 is 20.6. The molecule has 2 aromatic heterocycles. The molecule has 0 aliphatic carbocycles. The van der Waals surface area contributed by atoms with E-state index in [1.165, 1.54) is 12.1 Å². The number of rotatable bonds is 4. The maximum Gasteiger partial charge on any atom is 0.154 e. The van der Waals surface area contributed by atoms with Crippen LogP contribution in [0.5, 0.6) is 0 Å². The zero-order valence-electron chi connectivity index (χ0n) is 13.4. The van der Waals surface area contributed by atoms with Crippen molar-refractivity contribution in [3.8, 4) is 28.3 Å². The number of halogens is 1. The average Bonchev–Trinajstić information content (AvgIpc) is 3.31. The lowest BCUT2D eigenvalue weighted by molar-refractivity contribution is 0.578. The molecule has 2 N–H and O–H groups in total. The van der Waals surface area contributed by atoms with Gasteiger partial charge in [-0.25, -0.2) is 9.07 Å². The molecule has 0 bridgehead atoms. The van der Waals surface area contributed by atoms with Gasteiger partial charge in [0.05, 0.1) is 12.0 Å². The molecule has 0 saturated heterocycles. The molecule has 0 unspecified atom stereocenters. The molecule has 2 heterocycles. The van der Waals surface area contributed by atoms with Crippen molar-refractivity contribution in [2.24, 2.45) is 5.73 Å². The molecular weight excluding hydrogens is 317 g/mol. The minimum Gasteiger partial charge on any atom is -0.463 e. The van der Waals surface area contributed by atoms with Gasteiger partial charge in [-0.2, -0.15) is 5.10 Å². The average molecular weight is 333 g/mol. The van der Waals surface area contributed by atoms with Gasteiger partial charge in [-0.3, -0.25) is 0 Å². The van der Waals surface area contributed by atoms with Crippen molar-refractivity contribution in [2.45, 2.75) is 6.54 Å². The summed E-state index contributed by atoms with van der Waals surface area (Å²) in [4.78, 5) is 0. The summed E-state index contributed by atoms with van der Waals surface area (Å²) in [7, 11) is 0. The fraction of sp³-hybridized carbons (Fsp3) is 0.0500. The van der Waals surface area contributed by atoms with Crippen molar-refractivity contribution >= 4 is 0 Å². The number of aromatic nitrogens is 2. The van der Waals surface area contributed by atoms with Crippen LogP contribution in [0, 0.1) is 5.82 Å². The second-order valence-corrected chi connectivity index (χ2v) is 5.69. The van der Waals surface area contributed by atoms with Crippen LogP contribution in [0.3, 0.4) is 0 Å². The highest BCUT2D eigenvalue weighted by atomic mass is 19.1. The van der Waals surface area contributed by atoms with E-state index in [4.69, 9.17) is 10.2 Å². The van der Waals surface area contributed by atoms with Gasteiger partial charge in [-0.1, -0.05) is 24.3 Å². The molecule has 5 heteroatoms. The first-order valence-corrected chi connectivity index (χ1v) is 7.93. The van der Waals surface area contributed by atoms with Crippen molar-refractivity contribution in [3.63, 3.8) is 0 Å². The van der Waals surface area contributed by atoms with E-state index in [2.05, 4.69) is 5.10 Å². The van der Waals surface area contributed by atoms with E-state index >= 15 is 0 Å². The first-order chi connectivity index (χ1) is 12.2. The summed E-state index contributed by atoms with van der Waals surface area (Å²) in [5.41, 5.74) is 10.2. The van der Waals surface area contributed by atoms with Crippen molar-refractivity contribution in [3.05, 3.63) is 84.5 Å². The molecule has 0 atom stereocenters. The van der Waals surface area contributed by atoms with Crippen LogP contribution in [0.2, 0.25) is 0 Å². The Morgan fingerprint density at radius 1 is 1.00 bits per heavy atom. The maximum atomic E-state index is 13.4. The van der Waals surface area contributed by atoms with Crippen molar-refractivity contribution < 1.29 is 8.81 Å². The maximum absolute atomic E-state index is 13.4. The highest BCUT2D eigenvalue weighted by Gasteiger charge is 2.13. The van der Waals surface area contributed by atoms with Crippen molar-refractivity contribution in [1.29, 1.82) is 0 Å². The van der Waals surface area contributed by atoms with E-state index < -0.39 is 0 Å². The molecule has 0 aliphatic rings. The van der Waals surface area contributed by atoms with Crippen molar-refractivity contribution in [1.82, 2.24) is 9.78 Å². The third kappa shape index (κ3) is 2.97. The third-order valence-electron chi connectivity index (χ3n) is 4.05. The molecule has 0 radical (unpaired) electrons. The number of benzene rings is 2. The van der Waals surface area contributed by atoms with Crippen LogP contribution in [0.1, 0.15) is 5.56 Å². The minimum absolute atomic E-state index is 0.246. The van der Waals surface area contributed by atoms with Gasteiger partial charge in [0.1, 0.15) is 11.5 Å². The predicted molar refractivity (Wildman–Crippen MR) is 94.6 cm³/mol. The second-order valence-electron chi connectivity index (χ2n) is 5.69. The highest BCUT2D eigenvalue weighted by molar-refractivity contribution is 5.65. The van der Waals surface area contributed by atoms with Gasteiger partial charge in [0, 0.05) is 18.3 Å². The zero-order valence-corrected chi connectivity index (χ0v) is 13.4. The topological polar surface area (TPSA) is 57.0 Å². The highest BCUT2D eigenvalue weighted by Crippen LogP contribution is 2.25. The Kier molecular flexibility index (Phi) is 3.91. The Bertz CT molecular complexity index is 988. The molecule has 0 amide bonds. The van der Waals surface area contributed by atoms with Crippen LogP contribution in [-0.4, -0.2) is 9.78 Å². The van der Waals surface area contributed by atoms with Crippen LogP contribution >= 0.6 is 0 Å². The summed E-state index contributed by atoms with van der Waals surface area (Å²) in [6.07, 6.45) is 3.51. The molecule has 25 heavy (non-hydrogen) atoms. The predicted octanol–water partition coefficient (Wildman–Crippen LogP) is 4.40. The Morgan fingerprint density at radius 2 is 1.84 bits per heavy atom. The standard InChI is InChI=1S/C20H16FN3O/c21-17-4-1-3-15(11-17)14-6-8-18(9-7-14)24-13-16(12-22)20(23-24)19-5-2-10-25-19/h1-11,13H,12,22H2. The molecule has 4 rings (SSSR count). The van der Waals surface area contributed by atoms with Gasteiger partial charge in [0.2, 0.25) is 0 Å². The van der Waals surface area contributed by atoms with E-state index in [0.29, 0.717) is 12.3 Å². The first kappa shape index (κ1) is 15.4. The second kappa shape index (κ2) is 6.37. The minimum atomic E-state index is -0.246. The summed E-state index contributed by atoms with van der Waals surface area (Å²) in [6, 6.07) is 18.0.